The molecule has 0 saturated heterocycles. The van der Waals surface area contributed by atoms with Crippen molar-refractivity contribution in [2.75, 3.05) is 0 Å². The van der Waals surface area contributed by atoms with E-state index in [2.05, 4.69) is 0 Å². The molecule has 2 aliphatic rings. The molecule has 0 spiro atoms. The van der Waals surface area contributed by atoms with Gasteiger partial charge < -0.3 is 10.2 Å². The molecule has 1 aliphatic carbocycles. The Morgan fingerprint density at radius 2 is 2.00 bits per heavy atom. The molecule has 88 valence electrons. The van der Waals surface area contributed by atoms with Gasteiger partial charge in [-0.3, -0.25) is 0 Å². The van der Waals surface area contributed by atoms with Crippen molar-refractivity contribution in [3.8, 4) is 0 Å². The van der Waals surface area contributed by atoms with E-state index in [-0.39, 0.29) is 0 Å². The van der Waals surface area contributed by atoms with Crippen molar-refractivity contribution in [1.82, 2.24) is 0 Å². The smallest absolute Gasteiger partial charge is 0.118 e. The van der Waals surface area contributed by atoms with Gasteiger partial charge in [0.25, 0.3) is 0 Å². The summed E-state index contributed by atoms with van der Waals surface area (Å²) in [6, 6.07) is 0. The predicted molar refractivity (Wildman–Crippen MR) is 67.4 cm³/mol. The van der Waals surface area contributed by atoms with E-state index in [9.17, 15) is 0 Å². The monoisotopic (exact) mass is 237 g/mol. The first-order valence-electron chi connectivity index (χ1n) is 6.31. The fourth-order valence-electron chi connectivity index (χ4n) is 3.02. The van der Waals surface area contributed by atoms with Crippen LogP contribution in [0.15, 0.2) is 4.42 Å². The Labute approximate surface area is 101 Å². The van der Waals surface area contributed by atoms with Crippen LogP contribution in [-0.4, -0.2) is 0 Å². The van der Waals surface area contributed by atoms with E-state index in [0.29, 0.717) is 12.5 Å². The van der Waals surface area contributed by atoms with E-state index < -0.39 is 0 Å². The van der Waals surface area contributed by atoms with E-state index in [0.717, 1.165) is 11.5 Å². The number of furan rings is 1. The molecule has 1 saturated carbocycles. The van der Waals surface area contributed by atoms with Gasteiger partial charge in [-0.1, -0.05) is 19.3 Å². The number of hydrogen-bond acceptors (Lipinski definition) is 3. The van der Waals surface area contributed by atoms with Crippen molar-refractivity contribution in [3.63, 3.8) is 0 Å². The Morgan fingerprint density at radius 1 is 1.19 bits per heavy atom. The minimum Gasteiger partial charge on any atom is -0.464 e. The van der Waals surface area contributed by atoms with Crippen molar-refractivity contribution >= 4 is 11.8 Å². The average molecular weight is 237 g/mol. The van der Waals surface area contributed by atoms with Crippen LogP contribution >= 0.6 is 11.8 Å². The summed E-state index contributed by atoms with van der Waals surface area (Å²) >= 11 is 1.95. The summed E-state index contributed by atoms with van der Waals surface area (Å²) in [5.74, 6) is 5.27. The molecule has 0 atom stereocenters. The summed E-state index contributed by atoms with van der Waals surface area (Å²) in [4.78, 5) is 0. The van der Waals surface area contributed by atoms with Crippen molar-refractivity contribution in [2.24, 2.45) is 5.73 Å². The summed E-state index contributed by atoms with van der Waals surface area (Å²) in [5.41, 5.74) is 8.67. The quantitative estimate of drug-likeness (QED) is 0.855. The first kappa shape index (κ1) is 10.7. The lowest BCUT2D eigenvalue weighted by Gasteiger charge is -2.20. The van der Waals surface area contributed by atoms with Crippen LogP contribution < -0.4 is 5.73 Å². The van der Waals surface area contributed by atoms with Crippen LogP contribution in [0.5, 0.6) is 0 Å². The molecular weight excluding hydrogens is 218 g/mol. The Bertz CT molecular complexity index is 380. The van der Waals surface area contributed by atoms with Gasteiger partial charge in [0.15, 0.2) is 0 Å². The van der Waals surface area contributed by atoms with Gasteiger partial charge >= 0.3 is 0 Å². The van der Waals surface area contributed by atoms with Crippen LogP contribution in [0.25, 0.3) is 0 Å². The van der Waals surface area contributed by atoms with Gasteiger partial charge in [0.1, 0.15) is 11.5 Å². The highest BCUT2D eigenvalue weighted by Gasteiger charge is 2.28. The lowest BCUT2D eigenvalue weighted by atomic mass is 9.85. The van der Waals surface area contributed by atoms with Crippen LogP contribution in [0.2, 0.25) is 0 Å². The largest absolute Gasteiger partial charge is 0.464 e. The summed E-state index contributed by atoms with van der Waals surface area (Å²) in [6.07, 6.45) is 6.70. The normalized spacial score (nSPS) is 21.3. The molecular formula is C13H19NOS. The number of hydrogen-bond donors (Lipinski definition) is 1. The Morgan fingerprint density at radius 3 is 2.75 bits per heavy atom. The van der Waals surface area contributed by atoms with Crippen LogP contribution in [-0.2, 0) is 18.1 Å². The zero-order chi connectivity index (χ0) is 11.0. The molecule has 1 aromatic rings. The van der Waals surface area contributed by atoms with Crippen LogP contribution in [0.1, 0.15) is 60.7 Å². The fourth-order valence-corrected chi connectivity index (χ4v) is 4.08. The van der Waals surface area contributed by atoms with Gasteiger partial charge in [-0.2, -0.15) is 0 Å². The molecule has 2 N–H and O–H groups in total. The van der Waals surface area contributed by atoms with Crippen LogP contribution in [0.4, 0.5) is 0 Å². The molecule has 0 bridgehead atoms. The summed E-state index contributed by atoms with van der Waals surface area (Å²) in [6.45, 7) is 0.658. The topological polar surface area (TPSA) is 39.2 Å². The second-order valence-electron chi connectivity index (χ2n) is 4.88. The molecule has 2 heterocycles. The Balaban J connectivity index is 1.93. The SMILES string of the molecule is NCc1c(C2CCCCC2)oc2c1CSC2. The Kier molecular flexibility index (Phi) is 2.99. The van der Waals surface area contributed by atoms with Gasteiger partial charge in [0.05, 0.1) is 5.75 Å². The van der Waals surface area contributed by atoms with Crippen molar-refractivity contribution in [1.29, 1.82) is 0 Å². The third kappa shape index (κ3) is 1.70. The molecule has 0 radical (unpaired) electrons. The standard InChI is InChI=1S/C13H19NOS/c14-6-10-11-7-16-8-12(11)15-13(10)9-4-2-1-3-5-9/h9H,1-8,14H2. The van der Waals surface area contributed by atoms with E-state index >= 15 is 0 Å². The Hall–Kier alpha value is -0.410. The van der Waals surface area contributed by atoms with E-state index in [1.54, 1.807) is 0 Å². The molecule has 0 aromatic carbocycles. The lowest BCUT2D eigenvalue weighted by molar-refractivity contribution is 0.363. The van der Waals surface area contributed by atoms with Gasteiger partial charge in [0.2, 0.25) is 0 Å². The van der Waals surface area contributed by atoms with Gasteiger partial charge in [-0.05, 0) is 12.8 Å². The highest BCUT2D eigenvalue weighted by Crippen LogP contribution is 2.42. The molecule has 3 rings (SSSR count). The molecule has 16 heavy (non-hydrogen) atoms. The number of fused-ring (bicyclic) bond motifs is 1. The molecule has 1 aromatic heterocycles. The van der Waals surface area contributed by atoms with Gasteiger partial charge in [-0.15, -0.1) is 11.8 Å². The first-order valence-corrected chi connectivity index (χ1v) is 7.46. The third-order valence-electron chi connectivity index (χ3n) is 3.89. The first-order chi connectivity index (χ1) is 7.90. The average Bonchev–Trinajstić information content (AvgIpc) is 2.89. The fraction of sp³-hybridized carbons (Fsp3) is 0.692. The van der Waals surface area contributed by atoms with Gasteiger partial charge in [0, 0.05) is 29.3 Å². The van der Waals surface area contributed by atoms with E-state index in [1.165, 1.54) is 54.8 Å². The van der Waals surface area contributed by atoms with E-state index in [1.807, 2.05) is 11.8 Å². The molecule has 3 heteroatoms. The molecule has 2 nitrogen and oxygen atoms in total. The molecule has 1 fully saturated rings. The maximum Gasteiger partial charge on any atom is 0.118 e. The second-order valence-corrected chi connectivity index (χ2v) is 5.86. The zero-order valence-corrected chi connectivity index (χ0v) is 10.4. The highest BCUT2D eigenvalue weighted by atomic mass is 32.2. The molecule has 0 amide bonds. The van der Waals surface area contributed by atoms with Crippen LogP contribution in [0.3, 0.4) is 0 Å². The zero-order valence-electron chi connectivity index (χ0n) is 9.63. The predicted octanol–water partition coefficient (Wildman–Crippen LogP) is 3.53. The van der Waals surface area contributed by atoms with Crippen molar-refractivity contribution in [2.45, 2.75) is 56.1 Å². The number of thioether (sulfide) groups is 1. The lowest BCUT2D eigenvalue weighted by Crippen LogP contribution is -2.08. The van der Waals surface area contributed by atoms with Crippen molar-refractivity contribution in [3.05, 3.63) is 22.6 Å². The maximum absolute atomic E-state index is 6.09. The minimum atomic E-state index is 0.655. The third-order valence-corrected chi connectivity index (χ3v) is 4.85. The molecule has 0 unspecified atom stereocenters. The van der Waals surface area contributed by atoms with Crippen LogP contribution in [0, 0.1) is 0 Å². The number of rotatable bonds is 2. The maximum atomic E-state index is 6.09. The highest BCUT2D eigenvalue weighted by molar-refractivity contribution is 7.98. The summed E-state index contributed by atoms with van der Waals surface area (Å²) < 4.78 is 6.09. The second kappa shape index (κ2) is 4.46. The van der Waals surface area contributed by atoms with Crippen molar-refractivity contribution < 1.29 is 4.42 Å². The molecule has 1 aliphatic heterocycles. The van der Waals surface area contributed by atoms with Gasteiger partial charge in [-0.25, -0.2) is 0 Å². The minimum absolute atomic E-state index is 0.655. The number of nitrogens with two attached hydrogens (primary N) is 1. The summed E-state index contributed by atoms with van der Waals surface area (Å²) in [5, 5.41) is 0. The van der Waals surface area contributed by atoms with E-state index in [4.69, 9.17) is 10.2 Å². The summed E-state index contributed by atoms with van der Waals surface area (Å²) in [7, 11) is 0.